The standard InChI is InChI=1S/C14H19NO3/c1-3-4-10(2)14(16)15-8-11-5-6-12-13(7-11)18-9-17-12/h5-7,10H,3-4,8-9H2,1-2H3,(H,15,16)/t10-/m1/s1. The molecule has 1 N–H and O–H groups in total. The van der Waals surface area contributed by atoms with Crippen LogP contribution in [0.25, 0.3) is 0 Å². The predicted octanol–water partition coefficient (Wildman–Crippen LogP) is 2.47. The van der Waals surface area contributed by atoms with Crippen LogP contribution in [0.2, 0.25) is 0 Å². The maximum absolute atomic E-state index is 11.8. The maximum Gasteiger partial charge on any atom is 0.231 e. The summed E-state index contributed by atoms with van der Waals surface area (Å²) in [5, 5.41) is 2.94. The molecule has 0 saturated carbocycles. The molecule has 0 fully saturated rings. The average Bonchev–Trinajstić information content (AvgIpc) is 2.83. The quantitative estimate of drug-likeness (QED) is 0.872. The highest BCUT2D eigenvalue weighted by Gasteiger charge is 2.14. The van der Waals surface area contributed by atoms with Crippen molar-refractivity contribution < 1.29 is 14.3 Å². The highest BCUT2D eigenvalue weighted by molar-refractivity contribution is 5.78. The van der Waals surface area contributed by atoms with E-state index < -0.39 is 0 Å². The van der Waals surface area contributed by atoms with E-state index >= 15 is 0 Å². The van der Waals surface area contributed by atoms with Crippen LogP contribution in [0.15, 0.2) is 18.2 Å². The summed E-state index contributed by atoms with van der Waals surface area (Å²) in [5.74, 6) is 1.70. The van der Waals surface area contributed by atoms with Crippen LogP contribution in [-0.4, -0.2) is 12.7 Å². The number of fused-ring (bicyclic) bond motifs is 1. The molecule has 0 saturated heterocycles. The SMILES string of the molecule is CCC[C@@H](C)C(=O)NCc1ccc2c(c1)OCO2. The van der Waals surface area contributed by atoms with Crippen molar-refractivity contribution in [1.29, 1.82) is 0 Å². The first-order valence-electron chi connectivity index (χ1n) is 6.37. The molecule has 1 aromatic carbocycles. The molecule has 0 aromatic heterocycles. The van der Waals surface area contributed by atoms with E-state index in [-0.39, 0.29) is 18.6 Å². The van der Waals surface area contributed by atoms with Crippen LogP contribution in [0.3, 0.4) is 0 Å². The van der Waals surface area contributed by atoms with Gasteiger partial charge >= 0.3 is 0 Å². The smallest absolute Gasteiger partial charge is 0.231 e. The van der Waals surface area contributed by atoms with E-state index in [2.05, 4.69) is 12.2 Å². The van der Waals surface area contributed by atoms with Crippen molar-refractivity contribution in [2.24, 2.45) is 5.92 Å². The lowest BCUT2D eigenvalue weighted by Gasteiger charge is -2.11. The summed E-state index contributed by atoms with van der Waals surface area (Å²) in [6.45, 7) is 4.85. The topological polar surface area (TPSA) is 47.6 Å². The van der Waals surface area contributed by atoms with Crippen molar-refractivity contribution in [3.8, 4) is 11.5 Å². The van der Waals surface area contributed by atoms with Gasteiger partial charge in [-0.15, -0.1) is 0 Å². The van der Waals surface area contributed by atoms with Gasteiger partial charge in [0.05, 0.1) is 0 Å². The Balaban J connectivity index is 1.88. The second-order valence-corrected chi connectivity index (χ2v) is 4.60. The molecule has 18 heavy (non-hydrogen) atoms. The number of ether oxygens (including phenoxy) is 2. The van der Waals surface area contributed by atoms with Crippen LogP contribution in [0.1, 0.15) is 32.3 Å². The van der Waals surface area contributed by atoms with Gasteiger partial charge in [0.15, 0.2) is 11.5 Å². The van der Waals surface area contributed by atoms with Gasteiger partial charge in [-0.25, -0.2) is 0 Å². The molecular weight excluding hydrogens is 230 g/mol. The number of amides is 1. The van der Waals surface area contributed by atoms with Gasteiger partial charge in [-0.2, -0.15) is 0 Å². The third kappa shape index (κ3) is 2.94. The fraction of sp³-hybridized carbons (Fsp3) is 0.500. The van der Waals surface area contributed by atoms with E-state index in [9.17, 15) is 4.79 Å². The Morgan fingerprint density at radius 2 is 2.17 bits per heavy atom. The Labute approximate surface area is 107 Å². The molecule has 4 heteroatoms. The van der Waals surface area contributed by atoms with Crippen LogP contribution < -0.4 is 14.8 Å². The second-order valence-electron chi connectivity index (χ2n) is 4.60. The minimum absolute atomic E-state index is 0.0732. The second kappa shape index (κ2) is 5.76. The van der Waals surface area contributed by atoms with Crippen molar-refractivity contribution in [1.82, 2.24) is 5.32 Å². The first-order valence-corrected chi connectivity index (χ1v) is 6.37. The number of nitrogens with one attached hydrogen (secondary N) is 1. The summed E-state index contributed by atoms with van der Waals surface area (Å²) < 4.78 is 10.5. The molecule has 1 aliphatic rings. The number of carbonyl (C=O) groups excluding carboxylic acids is 1. The first kappa shape index (κ1) is 12.7. The van der Waals surface area contributed by atoms with Crippen molar-refractivity contribution in [2.75, 3.05) is 6.79 Å². The van der Waals surface area contributed by atoms with Crippen molar-refractivity contribution in [3.05, 3.63) is 23.8 Å². The Hall–Kier alpha value is -1.71. The molecule has 1 amide bonds. The van der Waals surface area contributed by atoms with Gasteiger partial charge < -0.3 is 14.8 Å². The third-order valence-corrected chi connectivity index (χ3v) is 3.07. The first-order chi connectivity index (χ1) is 8.70. The minimum Gasteiger partial charge on any atom is -0.454 e. The average molecular weight is 249 g/mol. The molecule has 0 bridgehead atoms. The highest BCUT2D eigenvalue weighted by atomic mass is 16.7. The Kier molecular flexibility index (Phi) is 4.07. The number of carbonyl (C=O) groups is 1. The van der Waals surface area contributed by atoms with Crippen LogP contribution in [0.5, 0.6) is 11.5 Å². The van der Waals surface area contributed by atoms with Gasteiger partial charge in [0.2, 0.25) is 12.7 Å². The zero-order valence-corrected chi connectivity index (χ0v) is 10.9. The molecular formula is C14H19NO3. The lowest BCUT2D eigenvalue weighted by molar-refractivity contribution is -0.124. The summed E-state index contributed by atoms with van der Waals surface area (Å²) in [5.41, 5.74) is 1.02. The molecule has 1 aromatic rings. The van der Waals surface area contributed by atoms with E-state index in [1.165, 1.54) is 0 Å². The predicted molar refractivity (Wildman–Crippen MR) is 68.5 cm³/mol. The molecule has 98 valence electrons. The third-order valence-electron chi connectivity index (χ3n) is 3.07. The van der Waals surface area contributed by atoms with E-state index in [0.717, 1.165) is 29.9 Å². The van der Waals surface area contributed by atoms with E-state index in [4.69, 9.17) is 9.47 Å². The monoisotopic (exact) mass is 249 g/mol. The van der Waals surface area contributed by atoms with Crippen LogP contribution in [0.4, 0.5) is 0 Å². The maximum atomic E-state index is 11.8. The lowest BCUT2D eigenvalue weighted by Crippen LogP contribution is -2.28. The zero-order valence-electron chi connectivity index (χ0n) is 10.9. The van der Waals surface area contributed by atoms with Crippen molar-refractivity contribution >= 4 is 5.91 Å². The van der Waals surface area contributed by atoms with Crippen LogP contribution in [-0.2, 0) is 11.3 Å². The van der Waals surface area contributed by atoms with Gasteiger partial charge in [-0.05, 0) is 24.1 Å². The van der Waals surface area contributed by atoms with Crippen molar-refractivity contribution in [3.63, 3.8) is 0 Å². The molecule has 2 rings (SSSR count). The number of benzene rings is 1. The van der Waals surface area contributed by atoms with Crippen molar-refractivity contribution in [2.45, 2.75) is 33.2 Å². The van der Waals surface area contributed by atoms with Gasteiger partial charge in [0, 0.05) is 12.5 Å². The molecule has 0 radical (unpaired) electrons. The Morgan fingerprint density at radius 3 is 2.94 bits per heavy atom. The fourth-order valence-electron chi connectivity index (χ4n) is 1.98. The van der Waals surface area contributed by atoms with Gasteiger partial charge in [0.25, 0.3) is 0 Å². The molecule has 0 unspecified atom stereocenters. The number of hydrogen-bond donors (Lipinski definition) is 1. The molecule has 1 aliphatic heterocycles. The summed E-state index contributed by atoms with van der Waals surface area (Å²) in [6.07, 6.45) is 1.95. The Morgan fingerprint density at radius 1 is 1.39 bits per heavy atom. The highest BCUT2D eigenvalue weighted by Crippen LogP contribution is 2.32. The van der Waals surface area contributed by atoms with Gasteiger partial charge in [0.1, 0.15) is 0 Å². The summed E-state index contributed by atoms with van der Waals surface area (Å²) >= 11 is 0. The van der Waals surface area contributed by atoms with E-state index in [1.54, 1.807) is 0 Å². The summed E-state index contributed by atoms with van der Waals surface area (Å²) in [4.78, 5) is 11.8. The molecule has 1 atom stereocenters. The fourth-order valence-corrected chi connectivity index (χ4v) is 1.98. The molecule has 0 spiro atoms. The normalized spacial score (nSPS) is 14.3. The van der Waals surface area contributed by atoms with E-state index in [0.29, 0.717) is 6.54 Å². The molecule has 0 aliphatic carbocycles. The largest absolute Gasteiger partial charge is 0.454 e. The number of rotatable bonds is 5. The summed E-state index contributed by atoms with van der Waals surface area (Å²) in [7, 11) is 0. The van der Waals surface area contributed by atoms with Crippen LogP contribution >= 0.6 is 0 Å². The molecule has 4 nitrogen and oxygen atoms in total. The molecule has 1 heterocycles. The van der Waals surface area contributed by atoms with Gasteiger partial charge in [-0.3, -0.25) is 4.79 Å². The van der Waals surface area contributed by atoms with Gasteiger partial charge in [-0.1, -0.05) is 26.3 Å². The number of hydrogen-bond acceptors (Lipinski definition) is 3. The van der Waals surface area contributed by atoms with E-state index in [1.807, 2.05) is 25.1 Å². The lowest BCUT2D eigenvalue weighted by atomic mass is 10.1. The Bertz CT molecular complexity index is 431. The summed E-state index contributed by atoms with van der Waals surface area (Å²) in [6, 6.07) is 5.73. The zero-order chi connectivity index (χ0) is 13.0. The van der Waals surface area contributed by atoms with Crippen LogP contribution in [0, 0.1) is 5.92 Å². The minimum atomic E-state index is 0.0732.